The molecule has 0 bridgehead atoms. The molecule has 1 radical (unpaired) electrons. The van der Waals surface area contributed by atoms with Crippen molar-refractivity contribution in [1.29, 1.82) is 0 Å². The van der Waals surface area contributed by atoms with Crippen molar-refractivity contribution in [3.63, 3.8) is 0 Å². The zero-order valence-corrected chi connectivity index (χ0v) is 18.4. The highest BCUT2D eigenvalue weighted by Gasteiger charge is 2.27. The van der Waals surface area contributed by atoms with E-state index in [-0.39, 0.29) is 5.60 Å². The predicted molar refractivity (Wildman–Crippen MR) is 114 cm³/mol. The van der Waals surface area contributed by atoms with Crippen molar-refractivity contribution in [2.24, 2.45) is 5.92 Å². The molecule has 155 valence electrons. The molecule has 0 aromatic carbocycles. The molecular formula is C24H47O2. The Kier molecular flexibility index (Phi) is 17.5. The summed E-state index contributed by atoms with van der Waals surface area (Å²) < 4.78 is 5.26. The lowest BCUT2D eigenvalue weighted by atomic mass is 9.89. The van der Waals surface area contributed by atoms with Crippen molar-refractivity contribution in [2.45, 2.75) is 142 Å². The fourth-order valence-electron chi connectivity index (χ4n) is 3.95. The summed E-state index contributed by atoms with van der Waals surface area (Å²) in [6.45, 7) is 10.6. The number of carbonyl (C=O) groups excluding carboxylic acids is 1. The first-order valence-corrected chi connectivity index (χ1v) is 11.7. The first kappa shape index (κ1) is 25.5. The van der Waals surface area contributed by atoms with Gasteiger partial charge in [-0.3, -0.25) is 0 Å². The molecular weight excluding hydrogens is 320 g/mol. The molecule has 0 rings (SSSR count). The van der Waals surface area contributed by atoms with Crippen LogP contribution in [0.4, 0.5) is 0 Å². The van der Waals surface area contributed by atoms with Crippen LogP contribution in [0.15, 0.2) is 0 Å². The Hall–Kier alpha value is -0.530. The second kappa shape index (κ2) is 17.9. The van der Waals surface area contributed by atoms with Crippen LogP contribution >= 0.6 is 0 Å². The zero-order valence-electron chi connectivity index (χ0n) is 18.4. The van der Waals surface area contributed by atoms with E-state index in [0.29, 0.717) is 0 Å². The molecule has 2 heteroatoms. The Labute approximate surface area is 164 Å². The van der Waals surface area contributed by atoms with Crippen LogP contribution in [-0.4, -0.2) is 12.1 Å². The van der Waals surface area contributed by atoms with E-state index in [1.54, 1.807) is 6.47 Å². The van der Waals surface area contributed by atoms with Crippen LogP contribution in [-0.2, 0) is 9.53 Å². The molecule has 0 aliphatic heterocycles. The molecule has 0 saturated heterocycles. The maximum absolute atomic E-state index is 10.6. The van der Waals surface area contributed by atoms with Gasteiger partial charge in [-0.1, -0.05) is 111 Å². The summed E-state index contributed by atoms with van der Waals surface area (Å²) in [5.74, 6) is 0.883. The minimum atomic E-state index is -0.258. The fourth-order valence-corrected chi connectivity index (χ4v) is 3.95. The molecule has 0 N–H and O–H groups in total. The molecule has 0 aliphatic rings. The van der Waals surface area contributed by atoms with Crippen molar-refractivity contribution < 1.29 is 9.53 Å². The zero-order chi connectivity index (χ0) is 19.5. The van der Waals surface area contributed by atoms with Crippen LogP contribution in [0, 0.1) is 5.92 Å². The lowest BCUT2D eigenvalue weighted by Crippen LogP contribution is -2.30. The third kappa shape index (κ3) is 13.6. The van der Waals surface area contributed by atoms with E-state index in [0.717, 1.165) is 31.6 Å². The van der Waals surface area contributed by atoms with Gasteiger partial charge in [-0.05, 0) is 31.6 Å². The van der Waals surface area contributed by atoms with E-state index in [9.17, 15) is 4.79 Å². The van der Waals surface area contributed by atoms with Crippen LogP contribution in [0.3, 0.4) is 0 Å². The van der Waals surface area contributed by atoms with Gasteiger partial charge in [0.15, 0.2) is 0 Å². The minimum absolute atomic E-state index is 0.258. The van der Waals surface area contributed by atoms with Gasteiger partial charge in [0.25, 0.3) is 0 Å². The third-order valence-corrected chi connectivity index (χ3v) is 6.18. The molecule has 0 spiro atoms. The Bertz CT molecular complexity index is 297. The van der Waals surface area contributed by atoms with Crippen molar-refractivity contribution in [3.05, 3.63) is 0 Å². The van der Waals surface area contributed by atoms with Gasteiger partial charge in [0.05, 0.1) is 0 Å². The highest BCUT2D eigenvalue weighted by molar-refractivity contribution is 5.39. The quantitative estimate of drug-likeness (QED) is 0.203. The molecule has 0 fully saturated rings. The van der Waals surface area contributed by atoms with Crippen LogP contribution in [0.5, 0.6) is 0 Å². The monoisotopic (exact) mass is 367 g/mol. The minimum Gasteiger partial charge on any atom is -0.451 e. The van der Waals surface area contributed by atoms with E-state index < -0.39 is 0 Å². The van der Waals surface area contributed by atoms with Crippen LogP contribution < -0.4 is 0 Å². The fraction of sp³-hybridized carbons (Fsp3) is 0.958. The number of ether oxygens (including phenoxy) is 1. The van der Waals surface area contributed by atoms with Crippen molar-refractivity contribution in [2.75, 3.05) is 0 Å². The van der Waals surface area contributed by atoms with E-state index in [1.165, 1.54) is 83.5 Å². The normalized spacial score (nSPS) is 12.9. The van der Waals surface area contributed by atoms with Gasteiger partial charge in [0.1, 0.15) is 5.60 Å². The highest BCUT2D eigenvalue weighted by Crippen LogP contribution is 2.27. The predicted octanol–water partition coefficient (Wildman–Crippen LogP) is 8.14. The highest BCUT2D eigenvalue weighted by atomic mass is 16.5. The van der Waals surface area contributed by atoms with Crippen LogP contribution in [0.1, 0.15) is 137 Å². The molecule has 0 aliphatic carbocycles. The molecule has 26 heavy (non-hydrogen) atoms. The average molecular weight is 368 g/mol. The summed E-state index contributed by atoms with van der Waals surface area (Å²) >= 11 is 0. The van der Waals surface area contributed by atoms with E-state index in [1.807, 2.05) is 0 Å². The van der Waals surface area contributed by atoms with Crippen LogP contribution in [0.2, 0.25) is 0 Å². The molecule has 1 atom stereocenters. The standard InChI is InChI=1S/C24H47O2/c1-5-8-9-10-11-12-13-16-19-23(4)20-17-14-15-18-21-24(6-2,7-3)26-22-25/h23H,5-21H2,1-4H3. The Morgan fingerprint density at radius 3 is 1.65 bits per heavy atom. The van der Waals surface area contributed by atoms with Crippen molar-refractivity contribution in [3.8, 4) is 0 Å². The van der Waals surface area contributed by atoms with E-state index >= 15 is 0 Å². The number of unbranched alkanes of at least 4 members (excludes halogenated alkanes) is 10. The summed E-state index contributed by atoms with van der Waals surface area (Å²) in [7, 11) is 0. The van der Waals surface area contributed by atoms with Gasteiger partial charge in [-0.2, -0.15) is 0 Å². The third-order valence-electron chi connectivity index (χ3n) is 6.18. The SMILES string of the molecule is CCCCCCCCCCC(C)CCCCCCC(CC)(CC)O[C]=O. The van der Waals surface area contributed by atoms with Gasteiger partial charge < -0.3 is 4.74 Å². The molecule has 0 aromatic heterocycles. The number of hydrogen-bond donors (Lipinski definition) is 0. The summed E-state index contributed by atoms with van der Waals surface area (Å²) in [6.07, 6.45) is 22.0. The topological polar surface area (TPSA) is 26.3 Å². The molecule has 1 unspecified atom stereocenters. The van der Waals surface area contributed by atoms with Gasteiger partial charge in [-0.15, -0.1) is 0 Å². The van der Waals surface area contributed by atoms with Gasteiger partial charge >= 0.3 is 6.47 Å². The van der Waals surface area contributed by atoms with Gasteiger partial charge in [0.2, 0.25) is 0 Å². The summed E-state index contributed by atoms with van der Waals surface area (Å²) in [5.41, 5.74) is -0.258. The maximum atomic E-state index is 10.6. The summed E-state index contributed by atoms with van der Waals surface area (Å²) in [6, 6.07) is 0. The van der Waals surface area contributed by atoms with Gasteiger partial charge in [0, 0.05) is 0 Å². The number of rotatable bonds is 20. The van der Waals surface area contributed by atoms with Crippen molar-refractivity contribution in [1.82, 2.24) is 0 Å². The molecule has 0 amide bonds. The molecule has 2 nitrogen and oxygen atoms in total. The Morgan fingerprint density at radius 1 is 0.731 bits per heavy atom. The first-order valence-electron chi connectivity index (χ1n) is 11.7. The first-order chi connectivity index (χ1) is 12.6. The average Bonchev–Trinajstić information content (AvgIpc) is 2.65. The molecule has 0 aromatic rings. The Balaban J connectivity index is 3.50. The molecule has 0 heterocycles. The van der Waals surface area contributed by atoms with E-state index in [4.69, 9.17) is 4.74 Å². The maximum Gasteiger partial charge on any atom is 0.418 e. The van der Waals surface area contributed by atoms with Crippen LogP contribution in [0.25, 0.3) is 0 Å². The largest absolute Gasteiger partial charge is 0.451 e. The lowest BCUT2D eigenvalue weighted by Gasteiger charge is -2.29. The molecule has 0 saturated carbocycles. The van der Waals surface area contributed by atoms with Gasteiger partial charge in [-0.25, -0.2) is 4.79 Å². The summed E-state index contributed by atoms with van der Waals surface area (Å²) in [4.78, 5) is 10.6. The lowest BCUT2D eigenvalue weighted by molar-refractivity contribution is 0.0319. The summed E-state index contributed by atoms with van der Waals surface area (Å²) in [5, 5.41) is 0. The van der Waals surface area contributed by atoms with E-state index in [2.05, 4.69) is 27.7 Å². The van der Waals surface area contributed by atoms with Crippen molar-refractivity contribution >= 4 is 6.47 Å². The second-order valence-electron chi connectivity index (χ2n) is 8.40. The second-order valence-corrected chi connectivity index (χ2v) is 8.40. The smallest absolute Gasteiger partial charge is 0.418 e. The number of hydrogen-bond acceptors (Lipinski definition) is 2. The Morgan fingerprint density at radius 2 is 1.19 bits per heavy atom.